The molecule has 2 atom stereocenters. The summed E-state index contributed by atoms with van der Waals surface area (Å²) in [4.78, 5) is 36.7. The molecule has 2 saturated heterocycles. The number of carbonyl (C=O) groups is 3. The first-order valence-electron chi connectivity index (χ1n) is 7.76. The lowest BCUT2D eigenvalue weighted by molar-refractivity contribution is -0.164. The molecule has 0 aliphatic carbocycles. The molecule has 1 amide bonds. The summed E-state index contributed by atoms with van der Waals surface area (Å²) < 4.78 is 10.3. The van der Waals surface area contributed by atoms with E-state index in [-0.39, 0.29) is 30.1 Å². The highest BCUT2D eigenvalue weighted by Crippen LogP contribution is 2.38. The number of aliphatic carboxylic acids is 1. The number of nitrogens with zero attached hydrogens (tertiary/aromatic N) is 1. The van der Waals surface area contributed by atoms with Gasteiger partial charge in [0.05, 0.1) is 19.1 Å². The maximum absolute atomic E-state index is 12.0. The Bertz CT molecular complexity index is 767. The fraction of sp³-hybridized carbons (Fsp3) is 0.278. The first-order chi connectivity index (χ1) is 12.0. The molecule has 0 aromatic heterocycles. The monoisotopic (exact) mass is 343 g/mol. The number of rotatable bonds is 5. The normalized spacial score (nSPS) is 23.7. The van der Waals surface area contributed by atoms with E-state index in [4.69, 9.17) is 9.47 Å². The van der Waals surface area contributed by atoms with Crippen molar-refractivity contribution in [3.05, 3.63) is 53.3 Å². The number of benzene rings is 1. The lowest BCUT2D eigenvalue weighted by atomic mass is 10.0. The number of allylic oxidation sites excluding steroid dienone is 1. The zero-order chi connectivity index (χ0) is 18.0. The van der Waals surface area contributed by atoms with Gasteiger partial charge < -0.3 is 14.6 Å². The average molecular weight is 343 g/mol. The van der Waals surface area contributed by atoms with Crippen LogP contribution in [0.1, 0.15) is 18.4 Å². The summed E-state index contributed by atoms with van der Waals surface area (Å²) in [6, 6.07) is 8.28. The predicted octanol–water partition coefficient (Wildman–Crippen LogP) is 1.56. The lowest BCUT2D eigenvalue weighted by Gasteiger charge is -2.33. The number of β-lactam (4-membered cyclic amide) rings is 1. The summed E-state index contributed by atoms with van der Waals surface area (Å²) in [5.41, 5.74) is 0.859. The van der Waals surface area contributed by atoms with Crippen molar-refractivity contribution in [1.29, 1.82) is 0 Å². The number of carboxylic acid groups (broad SMARTS) is 1. The number of fused-ring (bicyclic) bond motifs is 1. The zero-order valence-corrected chi connectivity index (χ0v) is 13.5. The molecule has 1 aromatic rings. The summed E-state index contributed by atoms with van der Waals surface area (Å²) in [6.07, 6.45) is 3.05. The topological polar surface area (TPSA) is 93.1 Å². The molecule has 2 aliphatic heterocycles. The van der Waals surface area contributed by atoms with Gasteiger partial charge in [-0.25, -0.2) is 9.59 Å². The van der Waals surface area contributed by atoms with Crippen molar-refractivity contribution < 1.29 is 29.0 Å². The van der Waals surface area contributed by atoms with Crippen LogP contribution in [-0.4, -0.2) is 47.2 Å². The van der Waals surface area contributed by atoms with Crippen molar-refractivity contribution in [3.8, 4) is 0 Å². The second-order valence-corrected chi connectivity index (χ2v) is 5.67. The van der Waals surface area contributed by atoms with Gasteiger partial charge in [0.1, 0.15) is 5.76 Å². The average Bonchev–Trinajstić information content (AvgIpc) is 2.91. The molecule has 1 N–H and O–H groups in total. The van der Waals surface area contributed by atoms with E-state index in [1.54, 1.807) is 12.2 Å². The molecule has 0 radical (unpaired) electrons. The molecule has 25 heavy (non-hydrogen) atoms. The second kappa shape index (κ2) is 6.80. The molecule has 2 heterocycles. The summed E-state index contributed by atoms with van der Waals surface area (Å²) >= 11 is 0. The van der Waals surface area contributed by atoms with Crippen LogP contribution in [0.25, 0.3) is 6.08 Å². The van der Waals surface area contributed by atoms with Crippen LogP contribution in [0.15, 0.2) is 47.7 Å². The number of esters is 1. The Hall–Kier alpha value is -3.09. The molecular formula is C18H17NO6. The molecule has 1 aromatic carbocycles. The van der Waals surface area contributed by atoms with Gasteiger partial charge in [-0.05, 0) is 5.56 Å². The van der Waals surface area contributed by atoms with Crippen LogP contribution in [-0.2, 0) is 23.9 Å². The van der Waals surface area contributed by atoms with E-state index in [1.165, 1.54) is 12.0 Å². The van der Waals surface area contributed by atoms with E-state index < -0.39 is 24.2 Å². The van der Waals surface area contributed by atoms with Crippen LogP contribution in [0, 0.1) is 0 Å². The van der Waals surface area contributed by atoms with E-state index in [2.05, 4.69) is 0 Å². The fourth-order valence-corrected chi connectivity index (χ4v) is 2.89. The summed E-state index contributed by atoms with van der Waals surface area (Å²) in [5.74, 6) is -2.19. The van der Waals surface area contributed by atoms with Crippen LogP contribution >= 0.6 is 0 Å². The van der Waals surface area contributed by atoms with Crippen molar-refractivity contribution in [1.82, 2.24) is 4.90 Å². The predicted molar refractivity (Wildman–Crippen MR) is 86.9 cm³/mol. The molecule has 2 aliphatic rings. The van der Waals surface area contributed by atoms with Crippen LogP contribution in [0.5, 0.6) is 0 Å². The SMILES string of the molecule is COC(=O)C1/C(=C(\C/C=C/c2ccccc2)C(=O)O)O[C@@H]2CC(=O)N12. The third-order valence-electron chi connectivity index (χ3n) is 4.15. The molecule has 130 valence electrons. The highest BCUT2D eigenvalue weighted by Gasteiger charge is 2.55. The third-order valence-corrected chi connectivity index (χ3v) is 4.15. The Labute approximate surface area is 144 Å². The molecule has 7 nitrogen and oxygen atoms in total. The van der Waals surface area contributed by atoms with Crippen LogP contribution in [0.3, 0.4) is 0 Å². The van der Waals surface area contributed by atoms with Gasteiger partial charge in [0, 0.05) is 6.42 Å². The van der Waals surface area contributed by atoms with Crippen molar-refractivity contribution in [3.63, 3.8) is 0 Å². The summed E-state index contributed by atoms with van der Waals surface area (Å²) in [7, 11) is 1.19. The Morgan fingerprint density at radius 2 is 2.08 bits per heavy atom. The minimum Gasteiger partial charge on any atom is -0.478 e. The maximum Gasteiger partial charge on any atom is 0.336 e. The molecule has 1 unspecified atom stereocenters. The number of carbonyl (C=O) groups excluding carboxylic acids is 2. The molecule has 3 rings (SSSR count). The van der Waals surface area contributed by atoms with E-state index in [1.807, 2.05) is 30.3 Å². The van der Waals surface area contributed by atoms with Gasteiger partial charge >= 0.3 is 11.9 Å². The summed E-state index contributed by atoms with van der Waals surface area (Å²) in [5, 5.41) is 9.53. The molecule has 2 fully saturated rings. The van der Waals surface area contributed by atoms with Crippen molar-refractivity contribution >= 4 is 23.9 Å². The number of hydrogen-bond acceptors (Lipinski definition) is 5. The number of methoxy groups -OCH3 is 1. The van der Waals surface area contributed by atoms with Crippen LogP contribution in [0.4, 0.5) is 0 Å². The lowest BCUT2D eigenvalue weighted by Crippen LogP contribution is -2.55. The van der Waals surface area contributed by atoms with Gasteiger partial charge in [-0.15, -0.1) is 0 Å². The molecule has 0 bridgehead atoms. The Kier molecular flexibility index (Phi) is 4.56. The van der Waals surface area contributed by atoms with E-state index in [9.17, 15) is 19.5 Å². The Morgan fingerprint density at radius 1 is 1.36 bits per heavy atom. The first-order valence-corrected chi connectivity index (χ1v) is 7.76. The highest BCUT2D eigenvalue weighted by atomic mass is 16.6. The van der Waals surface area contributed by atoms with Gasteiger partial charge in [-0.1, -0.05) is 42.5 Å². The fourth-order valence-electron chi connectivity index (χ4n) is 2.89. The molecule has 7 heteroatoms. The zero-order valence-electron chi connectivity index (χ0n) is 13.5. The van der Waals surface area contributed by atoms with Gasteiger partial charge in [0.15, 0.2) is 12.3 Å². The van der Waals surface area contributed by atoms with E-state index >= 15 is 0 Å². The van der Waals surface area contributed by atoms with Crippen molar-refractivity contribution in [2.24, 2.45) is 0 Å². The second-order valence-electron chi connectivity index (χ2n) is 5.67. The quantitative estimate of drug-likeness (QED) is 0.495. The maximum atomic E-state index is 12.0. The number of amides is 1. The van der Waals surface area contributed by atoms with Gasteiger partial charge in [-0.3, -0.25) is 9.69 Å². The van der Waals surface area contributed by atoms with Crippen molar-refractivity contribution in [2.75, 3.05) is 7.11 Å². The first kappa shape index (κ1) is 16.8. The molecule has 0 saturated carbocycles. The smallest absolute Gasteiger partial charge is 0.336 e. The van der Waals surface area contributed by atoms with Gasteiger partial charge in [0.25, 0.3) is 0 Å². The van der Waals surface area contributed by atoms with Crippen LogP contribution in [0.2, 0.25) is 0 Å². The standard InChI is InChI=1S/C18H17NO6/c1-24-18(23)15-16(25-14-10-13(20)19(14)15)12(17(21)22)9-5-8-11-6-3-2-4-7-11/h2-8,14-15H,9-10H2,1H3,(H,21,22)/b8-5+,16-12-/t14-,15?/m1/s1. The Morgan fingerprint density at radius 3 is 2.68 bits per heavy atom. The minimum absolute atomic E-state index is 0.0205. The van der Waals surface area contributed by atoms with Crippen LogP contribution < -0.4 is 0 Å². The largest absolute Gasteiger partial charge is 0.478 e. The summed E-state index contributed by atoms with van der Waals surface area (Å²) in [6.45, 7) is 0. The Balaban J connectivity index is 1.89. The third kappa shape index (κ3) is 3.13. The van der Waals surface area contributed by atoms with E-state index in [0.29, 0.717) is 0 Å². The number of hydrogen-bond donors (Lipinski definition) is 1. The van der Waals surface area contributed by atoms with Gasteiger partial charge in [-0.2, -0.15) is 0 Å². The highest BCUT2D eigenvalue weighted by molar-refractivity contribution is 5.95. The van der Waals surface area contributed by atoms with Gasteiger partial charge in [0.2, 0.25) is 5.91 Å². The minimum atomic E-state index is -1.20. The number of ether oxygens (including phenoxy) is 2. The molecular weight excluding hydrogens is 326 g/mol. The number of carboxylic acids is 1. The van der Waals surface area contributed by atoms with E-state index in [0.717, 1.165) is 5.56 Å². The molecule has 0 spiro atoms. The van der Waals surface area contributed by atoms with Crippen molar-refractivity contribution in [2.45, 2.75) is 25.1 Å².